The molecule has 1 amide bonds. The molecule has 0 spiro atoms. The van der Waals surface area contributed by atoms with Crippen LogP contribution >= 0.6 is 11.6 Å². The predicted octanol–water partition coefficient (Wildman–Crippen LogP) is 6.17. The fourth-order valence-corrected chi connectivity index (χ4v) is 4.06. The summed E-state index contributed by atoms with van der Waals surface area (Å²) in [7, 11) is 4.12. The maximum atomic E-state index is 13.3. The summed E-state index contributed by atoms with van der Waals surface area (Å²) in [6.07, 6.45) is 6.29. The Morgan fingerprint density at radius 1 is 1.00 bits per heavy atom. The summed E-state index contributed by atoms with van der Waals surface area (Å²) in [6.45, 7) is 1.66. The molecule has 31 heavy (non-hydrogen) atoms. The number of anilines is 1. The Hall–Kier alpha value is -2.88. The minimum absolute atomic E-state index is 0.0551. The molecule has 4 heteroatoms. The van der Waals surface area contributed by atoms with Gasteiger partial charge in [-0.25, -0.2) is 0 Å². The summed E-state index contributed by atoms with van der Waals surface area (Å²) in [4.78, 5) is 17.3. The van der Waals surface area contributed by atoms with Crippen molar-refractivity contribution in [3.05, 3.63) is 94.5 Å². The lowest BCUT2D eigenvalue weighted by molar-refractivity contribution is 0.0985. The number of fused-ring (bicyclic) bond motifs is 1. The van der Waals surface area contributed by atoms with Crippen LogP contribution in [-0.4, -0.2) is 38.0 Å². The van der Waals surface area contributed by atoms with Gasteiger partial charge in [0.05, 0.1) is 0 Å². The second-order valence-electron chi connectivity index (χ2n) is 8.20. The molecule has 0 bridgehead atoms. The lowest BCUT2D eigenvalue weighted by Gasteiger charge is -2.30. The van der Waals surface area contributed by atoms with Crippen LogP contribution in [0.1, 0.15) is 27.9 Å². The fourth-order valence-electron chi connectivity index (χ4n) is 3.93. The van der Waals surface area contributed by atoms with Gasteiger partial charge in [-0.1, -0.05) is 54.1 Å². The monoisotopic (exact) mass is 430 g/mol. The van der Waals surface area contributed by atoms with E-state index >= 15 is 0 Å². The topological polar surface area (TPSA) is 23.6 Å². The van der Waals surface area contributed by atoms with Gasteiger partial charge in [-0.05, 0) is 85.6 Å². The minimum Gasteiger partial charge on any atom is -0.308 e. The molecule has 0 unspecified atom stereocenters. The number of nitrogens with zero attached hydrogens (tertiary/aromatic N) is 2. The normalized spacial score (nSPS) is 13.6. The van der Waals surface area contributed by atoms with Gasteiger partial charge in [-0.2, -0.15) is 0 Å². The number of benzene rings is 3. The van der Waals surface area contributed by atoms with E-state index in [1.54, 1.807) is 0 Å². The summed E-state index contributed by atoms with van der Waals surface area (Å²) in [5.41, 5.74) is 6.32. The average Bonchev–Trinajstić information content (AvgIpc) is 2.78. The van der Waals surface area contributed by atoms with E-state index in [2.05, 4.69) is 49.3 Å². The standard InChI is InChI=1S/C27H27ClN2O/c1-29(2)17-3-5-20-7-16-26-24(19-20)6-4-18-30(26)27(31)23-10-8-21(9-11-23)22-12-14-25(28)15-13-22/h3,5,7-16,19H,4,6,17-18H2,1-2H3/b5-3+. The van der Waals surface area contributed by atoms with Crippen LogP contribution in [0.15, 0.2) is 72.8 Å². The number of aryl methyl sites for hydroxylation is 1. The number of rotatable bonds is 5. The molecule has 3 nitrogen and oxygen atoms in total. The van der Waals surface area contributed by atoms with Crippen molar-refractivity contribution in [1.29, 1.82) is 0 Å². The summed E-state index contributed by atoms with van der Waals surface area (Å²) in [6, 6.07) is 22.0. The van der Waals surface area contributed by atoms with Crippen LogP contribution in [0.4, 0.5) is 5.69 Å². The van der Waals surface area contributed by atoms with Gasteiger partial charge in [0.2, 0.25) is 0 Å². The highest BCUT2D eigenvalue weighted by atomic mass is 35.5. The zero-order valence-corrected chi connectivity index (χ0v) is 18.8. The quantitative estimate of drug-likeness (QED) is 0.482. The van der Waals surface area contributed by atoms with E-state index in [4.69, 9.17) is 11.6 Å². The molecule has 0 aliphatic carbocycles. The third-order valence-electron chi connectivity index (χ3n) is 5.56. The molecular weight excluding hydrogens is 404 g/mol. The van der Waals surface area contributed by atoms with Crippen molar-refractivity contribution in [2.24, 2.45) is 0 Å². The maximum absolute atomic E-state index is 13.3. The molecule has 1 aliphatic rings. The number of carbonyl (C=O) groups is 1. The predicted molar refractivity (Wildman–Crippen MR) is 131 cm³/mol. The number of halogens is 1. The van der Waals surface area contributed by atoms with Gasteiger partial charge in [0.15, 0.2) is 0 Å². The van der Waals surface area contributed by atoms with Crippen molar-refractivity contribution in [2.75, 3.05) is 32.1 Å². The number of likely N-dealkylation sites (N-methyl/N-ethyl adjacent to an activating group) is 1. The molecule has 158 valence electrons. The first-order valence-corrected chi connectivity index (χ1v) is 11.0. The molecule has 0 aromatic heterocycles. The van der Waals surface area contributed by atoms with Gasteiger partial charge in [-0.15, -0.1) is 0 Å². The Bertz CT molecular complexity index is 1090. The van der Waals surface area contributed by atoms with E-state index in [0.29, 0.717) is 5.56 Å². The van der Waals surface area contributed by atoms with Crippen LogP contribution in [0, 0.1) is 0 Å². The highest BCUT2D eigenvalue weighted by Crippen LogP contribution is 2.30. The van der Waals surface area contributed by atoms with Crippen LogP contribution in [0.5, 0.6) is 0 Å². The lowest BCUT2D eigenvalue weighted by Crippen LogP contribution is -2.35. The van der Waals surface area contributed by atoms with Crippen molar-refractivity contribution in [3.8, 4) is 11.1 Å². The zero-order valence-electron chi connectivity index (χ0n) is 18.0. The van der Waals surface area contributed by atoms with E-state index in [1.165, 1.54) is 11.1 Å². The molecule has 0 N–H and O–H groups in total. The van der Waals surface area contributed by atoms with E-state index in [-0.39, 0.29) is 5.91 Å². The van der Waals surface area contributed by atoms with Crippen LogP contribution in [0.3, 0.4) is 0 Å². The van der Waals surface area contributed by atoms with Gasteiger partial charge < -0.3 is 9.80 Å². The first kappa shape index (κ1) is 21.4. The Kier molecular flexibility index (Phi) is 6.55. The molecule has 0 saturated heterocycles. The van der Waals surface area contributed by atoms with Gasteiger partial charge >= 0.3 is 0 Å². The van der Waals surface area contributed by atoms with Crippen molar-refractivity contribution in [3.63, 3.8) is 0 Å². The van der Waals surface area contributed by atoms with Crippen LogP contribution in [0.2, 0.25) is 5.02 Å². The summed E-state index contributed by atoms with van der Waals surface area (Å²) in [5, 5.41) is 0.718. The van der Waals surface area contributed by atoms with E-state index in [0.717, 1.165) is 47.8 Å². The molecule has 0 fully saturated rings. The molecule has 0 atom stereocenters. The molecule has 1 aliphatic heterocycles. The molecular formula is C27H27ClN2O. The molecule has 0 radical (unpaired) electrons. The Morgan fingerprint density at radius 2 is 1.68 bits per heavy atom. The number of hydrogen-bond donors (Lipinski definition) is 0. The Morgan fingerprint density at radius 3 is 2.35 bits per heavy atom. The highest BCUT2D eigenvalue weighted by molar-refractivity contribution is 6.30. The maximum Gasteiger partial charge on any atom is 0.258 e. The van der Waals surface area contributed by atoms with Crippen LogP contribution in [0.25, 0.3) is 17.2 Å². The fraction of sp³-hybridized carbons (Fsp3) is 0.222. The third-order valence-corrected chi connectivity index (χ3v) is 5.81. The van der Waals surface area contributed by atoms with Gasteiger partial charge in [0.25, 0.3) is 5.91 Å². The number of hydrogen-bond acceptors (Lipinski definition) is 2. The molecule has 0 saturated carbocycles. The highest BCUT2D eigenvalue weighted by Gasteiger charge is 2.23. The number of carbonyl (C=O) groups excluding carboxylic acids is 1. The van der Waals surface area contributed by atoms with Crippen molar-refractivity contribution in [2.45, 2.75) is 12.8 Å². The zero-order chi connectivity index (χ0) is 21.8. The van der Waals surface area contributed by atoms with Crippen molar-refractivity contribution in [1.82, 2.24) is 4.90 Å². The summed E-state index contributed by atoms with van der Waals surface area (Å²) in [5.74, 6) is 0.0551. The van der Waals surface area contributed by atoms with Gasteiger partial charge in [0.1, 0.15) is 0 Å². The Balaban J connectivity index is 1.53. The summed E-state index contributed by atoms with van der Waals surface area (Å²) >= 11 is 5.98. The van der Waals surface area contributed by atoms with Crippen molar-refractivity contribution >= 4 is 29.3 Å². The van der Waals surface area contributed by atoms with Crippen molar-refractivity contribution < 1.29 is 4.79 Å². The van der Waals surface area contributed by atoms with E-state index in [9.17, 15) is 4.79 Å². The van der Waals surface area contributed by atoms with Crippen LogP contribution < -0.4 is 4.90 Å². The van der Waals surface area contributed by atoms with Gasteiger partial charge in [0, 0.05) is 29.4 Å². The SMILES string of the molecule is CN(C)C/C=C/c1ccc2c(c1)CCCN2C(=O)c1ccc(-c2ccc(Cl)cc2)cc1. The summed E-state index contributed by atoms with van der Waals surface area (Å²) < 4.78 is 0. The Labute approximate surface area is 189 Å². The third kappa shape index (κ3) is 5.07. The second-order valence-corrected chi connectivity index (χ2v) is 8.63. The van der Waals surface area contributed by atoms with Crippen LogP contribution in [-0.2, 0) is 6.42 Å². The first-order chi connectivity index (χ1) is 15.0. The first-order valence-electron chi connectivity index (χ1n) is 10.6. The largest absolute Gasteiger partial charge is 0.308 e. The molecule has 1 heterocycles. The van der Waals surface area contributed by atoms with E-state index in [1.807, 2.05) is 53.4 Å². The lowest BCUT2D eigenvalue weighted by atomic mass is 9.97. The molecule has 4 rings (SSSR count). The average molecular weight is 431 g/mol. The van der Waals surface area contributed by atoms with Gasteiger partial charge in [-0.3, -0.25) is 4.79 Å². The number of amides is 1. The minimum atomic E-state index is 0.0551. The smallest absolute Gasteiger partial charge is 0.258 e. The molecule has 3 aromatic rings. The molecule has 3 aromatic carbocycles. The van der Waals surface area contributed by atoms with E-state index < -0.39 is 0 Å². The second kappa shape index (κ2) is 9.51.